The summed E-state index contributed by atoms with van der Waals surface area (Å²) in [4.78, 5) is 9.72. The van der Waals surface area contributed by atoms with Crippen molar-refractivity contribution < 1.29 is 47.3 Å². The molecule has 0 saturated carbocycles. The van der Waals surface area contributed by atoms with Gasteiger partial charge in [-0.3, -0.25) is 0 Å². The first kappa shape index (κ1) is 20.3. The maximum Gasteiger partial charge on any atom is 0.490 e. The molecule has 0 spiro atoms. The van der Waals surface area contributed by atoms with Crippen molar-refractivity contribution in [1.82, 2.24) is 0 Å². The van der Waals surface area contributed by atoms with Crippen LogP contribution in [0.15, 0.2) is 0 Å². The molecule has 13 heteroatoms. The van der Waals surface area contributed by atoms with E-state index in [0.717, 1.165) is 0 Å². The van der Waals surface area contributed by atoms with E-state index in [9.17, 15) is 42.6 Å². The van der Waals surface area contributed by atoms with Gasteiger partial charge in [-0.05, 0) is 6.92 Å². The summed E-state index contributed by atoms with van der Waals surface area (Å²) in [6, 6.07) is 0. The summed E-state index contributed by atoms with van der Waals surface area (Å²) in [5.41, 5.74) is 0. The number of rotatable bonds is 4. The fourth-order valence-corrected chi connectivity index (χ4v) is 2.00. The predicted octanol–water partition coefficient (Wildman–Crippen LogP) is 0.697. The van der Waals surface area contributed by atoms with Gasteiger partial charge in [-0.25, -0.2) is 4.79 Å². The van der Waals surface area contributed by atoms with Gasteiger partial charge < -0.3 is 4.74 Å². The molecule has 0 radical (unpaired) electrons. The zero-order valence-corrected chi connectivity index (χ0v) is 10.9. The Labute approximate surface area is 106 Å². The zero-order chi connectivity index (χ0) is 15.9. The number of carbonyl (C=O) groups is 1. The molecule has 0 aliphatic rings. The Balaban J connectivity index is 0. The third kappa shape index (κ3) is 17.0. The van der Waals surface area contributed by atoms with Crippen LogP contribution in [-0.4, -0.2) is 47.1 Å². The van der Waals surface area contributed by atoms with Gasteiger partial charge in [-0.2, -0.15) is 30.0 Å². The molecule has 0 aromatic carbocycles. The van der Waals surface area contributed by atoms with Gasteiger partial charge >= 0.3 is 32.6 Å². The van der Waals surface area contributed by atoms with E-state index in [2.05, 4.69) is 4.74 Å². The average Bonchev–Trinajstić information content (AvgIpc) is 2.13. The van der Waals surface area contributed by atoms with E-state index in [1.54, 1.807) is 0 Å². The van der Waals surface area contributed by atoms with Crippen molar-refractivity contribution >= 4 is 26.4 Å². The number of carbonyl (C=O) groups excluding carboxylic acids is 1. The Bertz CT molecular complexity index is 447. The molecule has 0 aromatic heterocycles. The van der Waals surface area contributed by atoms with Crippen molar-refractivity contribution in [3.05, 3.63) is 0 Å². The molecule has 0 unspecified atom stereocenters. The second kappa shape index (κ2) is 7.57. The number of esters is 1. The predicted molar refractivity (Wildman–Crippen MR) is 52.5 cm³/mol. The highest BCUT2D eigenvalue weighted by Crippen LogP contribution is 2.15. The number of ether oxygens (including phenoxy) is 1. The van der Waals surface area contributed by atoms with Crippen LogP contribution >= 0.6 is 0 Å². The Morgan fingerprint density at radius 1 is 1.00 bits per heavy atom. The summed E-state index contributed by atoms with van der Waals surface area (Å²) in [6.45, 7) is 1.06. The van der Waals surface area contributed by atoms with Crippen LogP contribution in [0.25, 0.3) is 0 Å². The molecule has 0 aromatic rings. The molecule has 0 bridgehead atoms. The quantitative estimate of drug-likeness (QED) is 0.426. The van der Waals surface area contributed by atoms with Crippen molar-refractivity contribution in [2.45, 2.75) is 13.1 Å². The Hall–Kier alpha value is -0.980. The lowest BCUT2D eigenvalue weighted by Crippen LogP contribution is -2.25. The first-order valence-electron chi connectivity index (χ1n) is 4.27. The highest BCUT2D eigenvalue weighted by molar-refractivity contribution is 7.90. The smallest absolute Gasteiger partial charge is 0.459 e. The minimum Gasteiger partial charge on any atom is -0.459 e. The second-order valence-corrected chi connectivity index (χ2v) is 5.68. The van der Waals surface area contributed by atoms with E-state index in [4.69, 9.17) is 0 Å². The molecule has 0 atom stereocenters. The van der Waals surface area contributed by atoms with Crippen LogP contribution in [-0.2, 0) is 30.0 Å². The van der Waals surface area contributed by atoms with Crippen molar-refractivity contribution in [1.29, 1.82) is 0 Å². The lowest BCUT2D eigenvalue weighted by molar-refractivity contribution is -0.199. The molecule has 6 nitrogen and oxygen atoms in total. The minimum atomic E-state index is -4.88. The lowest BCUT2D eigenvalue weighted by atomic mass is 10.7. The van der Waals surface area contributed by atoms with E-state index >= 15 is 0 Å². The van der Waals surface area contributed by atoms with E-state index in [-0.39, 0.29) is 6.61 Å². The van der Waals surface area contributed by atoms with Crippen molar-refractivity contribution in [3.8, 4) is 0 Å². The van der Waals surface area contributed by atoms with Crippen LogP contribution in [0.2, 0.25) is 0 Å². The van der Waals surface area contributed by atoms with Crippen LogP contribution in [0, 0.1) is 0 Å². The third-order valence-electron chi connectivity index (χ3n) is 1.08. The molecule has 116 valence electrons. The number of halogens is 5. The van der Waals surface area contributed by atoms with Gasteiger partial charge in [0.2, 0.25) is 0 Å². The van der Waals surface area contributed by atoms with E-state index < -0.39 is 44.1 Å². The number of hydrogen-bond donors (Lipinski definition) is 0. The lowest BCUT2D eigenvalue weighted by Gasteiger charge is -2.02. The first-order valence-corrected chi connectivity index (χ1v) is 7.38. The summed E-state index contributed by atoms with van der Waals surface area (Å²) in [5, 5.41) is 0. The molecule has 0 amide bonds. The molecule has 0 heterocycles. The molecular formula is C6H9F5O6S2. The van der Waals surface area contributed by atoms with E-state index in [0.29, 0.717) is 0 Å². The number of hydrogen-bond acceptors (Lipinski definition) is 6. The summed E-state index contributed by atoms with van der Waals surface area (Å²) in [5.74, 6) is -4.79. The summed E-state index contributed by atoms with van der Waals surface area (Å²) >= 11 is 0. The first-order chi connectivity index (χ1) is 8.19. The summed E-state index contributed by atoms with van der Waals surface area (Å²) < 4.78 is 98.4. The van der Waals surface area contributed by atoms with Crippen molar-refractivity contribution in [3.63, 3.8) is 0 Å². The summed E-state index contributed by atoms with van der Waals surface area (Å²) in [7, 11) is -9.75. The Kier molecular flexibility index (Phi) is 8.10. The molecule has 19 heavy (non-hydrogen) atoms. The van der Waals surface area contributed by atoms with Crippen molar-refractivity contribution in [2.24, 2.45) is 0 Å². The van der Waals surface area contributed by atoms with Crippen LogP contribution in [0.4, 0.5) is 20.9 Å². The SMILES string of the molecule is CCOC(=O)C(F)(F)F.O=S(=O)(F)CCS(=O)(=O)F. The van der Waals surface area contributed by atoms with E-state index in [1.165, 1.54) is 6.92 Å². The average molecular weight is 336 g/mol. The fraction of sp³-hybridized carbons (Fsp3) is 0.833. The van der Waals surface area contributed by atoms with Gasteiger partial charge in [0, 0.05) is 0 Å². The third-order valence-corrected chi connectivity index (χ3v) is 2.72. The van der Waals surface area contributed by atoms with Gasteiger partial charge in [0.25, 0.3) is 0 Å². The molecular weight excluding hydrogens is 327 g/mol. The Morgan fingerprint density at radius 3 is 1.42 bits per heavy atom. The molecule has 0 saturated heterocycles. The van der Waals surface area contributed by atoms with Gasteiger partial charge in [0.15, 0.2) is 0 Å². The van der Waals surface area contributed by atoms with Crippen LogP contribution in [0.5, 0.6) is 0 Å². The minimum absolute atomic E-state index is 0.252. The van der Waals surface area contributed by atoms with Gasteiger partial charge in [-0.1, -0.05) is 0 Å². The molecule has 0 rings (SSSR count). The Morgan fingerprint density at radius 2 is 1.32 bits per heavy atom. The highest BCUT2D eigenvalue weighted by atomic mass is 32.3. The van der Waals surface area contributed by atoms with Crippen LogP contribution in [0.3, 0.4) is 0 Å². The van der Waals surface area contributed by atoms with Gasteiger partial charge in [0.05, 0.1) is 18.1 Å². The normalized spacial score (nSPS) is 12.3. The van der Waals surface area contributed by atoms with E-state index in [1.807, 2.05) is 0 Å². The highest BCUT2D eigenvalue weighted by Gasteiger charge is 2.40. The van der Waals surface area contributed by atoms with Gasteiger partial charge in [0.1, 0.15) is 0 Å². The topological polar surface area (TPSA) is 94.6 Å². The number of alkyl halides is 3. The standard InChI is InChI=1S/C4H5F3O2.C2H4F2O4S2/c1-2-9-3(8)4(5,6)7;3-9(5,6)1-2-10(4,7)8/h2H2,1H3;1-2H2. The van der Waals surface area contributed by atoms with Crippen LogP contribution in [0.1, 0.15) is 6.92 Å². The maximum atomic E-state index is 11.5. The molecule has 0 N–H and O–H groups in total. The molecule has 0 aliphatic carbocycles. The molecule has 0 fully saturated rings. The maximum absolute atomic E-state index is 11.5. The van der Waals surface area contributed by atoms with Crippen molar-refractivity contribution in [2.75, 3.05) is 18.1 Å². The summed E-state index contributed by atoms with van der Waals surface area (Å²) in [6.07, 6.45) is -4.85. The second-order valence-electron chi connectivity index (χ2n) is 2.70. The fourth-order valence-electron chi connectivity index (χ4n) is 0.412. The largest absolute Gasteiger partial charge is 0.490 e. The molecule has 0 aliphatic heterocycles. The van der Waals surface area contributed by atoms with Crippen LogP contribution < -0.4 is 0 Å². The van der Waals surface area contributed by atoms with Gasteiger partial charge in [-0.15, -0.1) is 7.77 Å². The monoisotopic (exact) mass is 336 g/mol. The zero-order valence-electron chi connectivity index (χ0n) is 9.28.